The first kappa shape index (κ1) is 23.4. The molecular formula is C27H32N4O4. The Labute approximate surface area is 205 Å². The summed E-state index contributed by atoms with van der Waals surface area (Å²) in [7, 11) is 0. The number of hydrogen-bond donors (Lipinski definition) is 1. The Morgan fingerprint density at radius 3 is 2.71 bits per heavy atom. The number of benzene rings is 1. The molecule has 1 saturated heterocycles. The van der Waals surface area contributed by atoms with E-state index in [0.717, 1.165) is 47.5 Å². The molecule has 2 aliphatic heterocycles. The second-order valence-electron chi connectivity index (χ2n) is 9.33. The van der Waals surface area contributed by atoms with E-state index in [1.807, 2.05) is 60.6 Å². The summed E-state index contributed by atoms with van der Waals surface area (Å²) < 4.78 is 13.0. The Balaban J connectivity index is 1.45. The van der Waals surface area contributed by atoms with E-state index in [2.05, 4.69) is 10.5 Å². The van der Waals surface area contributed by atoms with Crippen LogP contribution in [0.1, 0.15) is 87.4 Å². The van der Waals surface area contributed by atoms with Crippen LogP contribution < -0.4 is 5.32 Å². The molecule has 3 aromatic rings. The van der Waals surface area contributed by atoms with E-state index in [1.54, 1.807) is 6.07 Å². The van der Waals surface area contributed by atoms with E-state index in [9.17, 15) is 9.59 Å². The molecule has 0 bridgehead atoms. The van der Waals surface area contributed by atoms with Gasteiger partial charge < -0.3 is 24.0 Å². The van der Waals surface area contributed by atoms with Gasteiger partial charge >= 0.3 is 0 Å². The first-order valence-electron chi connectivity index (χ1n) is 12.4. The number of hydrogen-bond acceptors (Lipinski definition) is 5. The van der Waals surface area contributed by atoms with Crippen molar-refractivity contribution in [2.75, 3.05) is 13.2 Å². The minimum Gasteiger partial charge on any atom is -0.373 e. The van der Waals surface area contributed by atoms with Crippen molar-refractivity contribution in [1.29, 1.82) is 0 Å². The van der Waals surface area contributed by atoms with Gasteiger partial charge in [-0.2, -0.15) is 0 Å². The van der Waals surface area contributed by atoms with Crippen molar-refractivity contribution in [2.24, 2.45) is 0 Å². The van der Waals surface area contributed by atoms with Gasteiger partial charge in [-0.25, -0.2) is 0 Å². The second kappa shape index (κ2) is 9.70. The Morgan fingerprint density at radius 2 is 2.00 bits per heavy atom. The van der Waals surface area contributed by atoms with E-state index < -0.39 is 0 Å². The summed E-state index contributed by atoms with van der Waals surface area (Å²) in [6, 6.07) is 11.5. The van der Waals surface area contributed by atoms with Gasteiger partial charge in [-0.1, -0.05) is 42.4 Å². The first-order chi connectivity index (χ1) is 17.0. The summed E-state index contributed by atoms with van der Waals surface area (Å²) in [5.74, 6) is 0.506. The van der Waals surface area contributed by atoms with E-state index in [1.165, 1.54) is 0 Å². The number of carbonyl (C=O) groups is 2. The molecule has 0 spiro atoms. The lowest BCUT2D eigenvalue weighted by atomic mass is 10.0. The van der Waals surface area contributed by atoms with Gasteiger partial charge in [0.1, 0.15) is 11.5 Å². The van der Waals surface area contributed by atoms with Crippen LogP contribution in [0.3, 0.4) is 0 Å². The van der Waals surface area contributed by atoms with Gasteiger partial charge in [-0.15, -0.1) is 0 Å². The van der Waals surface area contributed by atoms with E-state index in [4.69, 9.17) is 9.26 Å². The maximum absolute atomic E-state index is 13.9. The molecule has 0 aliphatic carbocycles. The van der Waals surface area contributed by atoms with Gasteiger partial charge in [0.15, 0.2) is 0 Å². The van der Waals surface area contributed by atoms with Crippen LogP contribution in [0.15, 0.2) is 40.9 Å². The molecule has 0 radical (unpaired) electrons. The van der Waals surface area contributed by atoms with Gasteiger partial charge in [0, 0.05) is 18.7 Å². The van der Waals surface area contributed by atoms with Crippen molar-refractivity contribution >= 4 is 11.8 Å². The highest BCUT2D eigenvalue weighted by Crippen LogP contribution is 2.37. The van der Waals surface area contributed by atoms with Crippen LogP contribution in [0.4, 0.5) is 0 Å². The van der Waals surface area contributed by atoms with Crippen LogP contribution in [0, 0.1) is 13.8 Å². The van der Waals surface area contributed by atoms with E-state index in [0.29, 0.717) is 37.6 Å². The summed E-state index contributed by atoms with van der Waals surface area (Å²) in [6.07, 6.45) is 2.55. The second-order valence-corrected chi connectivity index (χ2v) is 9.33. The number of fused-ring (bicyclic) bond motifs is 1. The molecule has 2 aromatic heterocycles. The van der Waals surface area contributed by atoms with Gasteiger partial charge in [0.25, 0.3) is 11.8 Å². The first-order valence-corrected chi connectivity index (χ1v) is 12.4. The zero-order chi connectivity index (χ0) is 24.5. The van der Waals surface area contributed by atoms with Crippen molar-refractivity contribution < 1.29 is 18.8 Å². The highest BCUT2D eigenvalue weighted by atomic mass is 16.5. The number of nitrogens with one attached hydrogen (secondary N) is 1. The van der Waals surface area contributed by atoms with Crippen molar-refractivity contribution in [3.8, 4) is 0 Å². The van der Waals surface area contributed by atoms with Crippen LogP contribution in [0.25, 0.3) is 0 Å². The fourth-order valence-electron chi connectivity index (χ4n) is 5.46. The third-order valence-electron chi connectivity index (χ3n) is 7.22. The van der Waals surface area contributed by atoms with Gasteiger partial charge in [0.05, 0.1) is 42.2 Å². The zero-order valence-electron chi connectivity index (χ0n) is 20.5. The molecule has 2 unspecified atom stereocenters. The maximum atomic E-state index is 13.9. The number of nitrogens with zero attached hydrogens (tertiary/aromatic N) is 3. The summed E-state index contributed by atoms with van der Waals surface area (Å²) in [4.78, 5) is 29.2. The van der Waals surface area contributed by atoms with Crippen LogP contribution in [0.5, 0.6) is 0 Å². The topological polar surface area (TPSA) is 89.6 Å². The molecule has 4 heterocycles. The Bertz CT molecular complexity index is 1210. The average Bonchev–Trinajstić information content (AvgIpc) is 3.59. The van der Waals surface area contributed by atoms with Gasteiger partial charge in [0.2, 0.25) is 0 Å². The third-order valence-corrected chi connectivity index (χ3v) is 7.22. The molecule has 184 valence electrons. The molecule has 0 saturated carbocycles. The lowest BCUT2D eigenvalue weighted by molar-refractivity contribution is 0.0674. The number of amides is 2. The SMILES string of the molecule is CCC(NC(=O)c1cc(C(=O)N2CCCC2c2c(C)noc2C)n2c1COCC2)c1ccccc1. The summed E-state index contributed by atoms with van der Waals surface area (Å²) >= 11 is 0. The average molecular weight is 477 g/mol. The molecule has 1 fully saturated rings. The fraction of sp³-hybridized carbons (Fsp3) is 0.444. The maximum Gasteiger partial charge on any atom is 0.271 e. The lowest BCUT2D eigenvalue weighted by Crippen LogP contribution is -2.33. The molecule has 2 atom stereocenters. The van der Waals surface area contributed by atoms with Crippen molar-refractivity contribution in [2.45, 2.75) is 65.3 Å². The molecule has 35 heavy (non-hydrogen) atoms. The van der Waals surface area contributed by atoms with Crippen molar-refractivity contribution in [1.82, 2.24) is 19.9 Å². The molecule has 1 N–H and O–H groups in total. The van der Waals surface area contributed by atoms with Gasteiger partial charge in [-0.05, 0) is 44.7 Å². The molecular weight excluding hydrogens is 444 g/mol. The quantitative estimate of drug-likeness (QED) is 0.567. The zero-order valence-corrected chi connectivity index (χ0v) is 20.5. The smallest absolute Gasteiger partial charge is 0.271 e. The molecule has 8 heteroatoms. The van der Waals surface area contributed by atoms with E-state index in [-0.39, 0.29) is 23.9 Å². The molecule has 8 nitrogen and oxygen atoms in total. The molecule has 2 aliphatic rings. The fourth-order valence-corrected chi connectivity index (χ4v) is 5.46. The number of ether oxygens (including phenoxy) is 1. The third kappa shape index (κ3) is 4.27. The molecule has 1 aromatic carbocycles. The highest BCUT2D eigenvalue weighted by molar-refractivity contribution is 6.01. The van der Waals surface area contributed by atoms with Gasteiger partial charge in [-0.3, -0.25) is 9.59 Å². The van der Waals surface area contributed by atoms with Crippen LogP contribution >= 0.6 is 0 Å². The normalized spacial score (nSPS) is 18.4. The number of aryl methyl sites for hydroxylation is 2. The lowest BCUT2D eigenvalue weighted by Gasteiger charge is -2.26. The standard InChI is InChI=1S/C27H32N4O4/c1-4-21(19-9-6-5-7-10-19)28-26(32)20-15-23(30-13-14-34-16-24(20)30)27(33)31-12-8-11-22(31)25-17(2)29-35-18(25)3/h5-7,9-10,15,21-22H,4,8,11-14,16H2,1-3H3,(H,28,32). The number of likely N-dealkylation sites (tertiary alicyclic amines) is 1. The summed E-state index contributed by atoms with van der Waals surface area (Å²) in [6.45, 7) is 7.90. The minimum atomic E-state index is -0.183. The number of aromatic nitrogens is 2. The predicted octanol–water partition coefficient (Wildman–Crippen LogP) is 4.48. The van der Waals surface area contributed by atoms with Crippen molar-refractivity contribution in [3.63, 3.8) is 0 Å². The van der Waals surface area contributed by atoms with Crippen LogP contribution in [-0.2, 0) is 17.9 Å². The number of carbonyl (C=O) groups excluding carboxylic acids is 2. The van der Waals surface area contributed by atoms with Crippen LogP contribution in [0.2, 0.25) is 0 Å². The molecule has 2 amide bonds. The minimum absolute atomic E-state index is 0.0650. The Hall–Kier alpha value is -3.39. The Morgan fingerprint density at radius 1 is 1.20 bits per heavy atom. The van der Waals surface area contributed by atoms with E-state index >= 15 is 0 Å². The molecule has 5 rings (SSSR count). The Kier molecular flexibility index (Phi) is 6.47. The van der Waals surface area contributed by atoms with Crippen molar-refractivity contribution in [3.05, 3.63) is 75.9 Å². The monoisotopic (exact) mass is 476 g/mol. The summed E-state index contributed by atoms with van der Waals surface area (Å²) in [5.41, 5.74) is 4.69. The summed E-state index contributed by atoms with van der Waals surface area (Å²) in [5, 5.41) is 7.26. The number of rotatable bonds is 6. The highest BCUT2D eigenvalue weighted by Gasteiger charge is 2.37. The largest absolute Gasteiger partial charge is 0.373 e. The van der Waals surface area contributed by atoms with Crippen LogP contribution in [-0.4, -0.2) is 39.6 Å². The predicted molar refractivity (Wildman–Crippen MR) is 130 cm³/mol.